The van der Waals surface area contributed by atoms with Crippen molar-refractivity contribution in [1.29, 1.82) is 0 Å². The van der Waals surface area contributed by atoms with E-state index in [9.17, 15) is 25.0 Å². The summed E-state index contributed by atoms with van der Waals surface area (Å²) in [6, 6.07) is 12.0. The number of amides is 1. The number of nitro benzene ring substituents is 2. The quantitative estimate of drug-likeness (QED) is 0.604. The van der Waals surface area contributed by atoms with Crippen LogP contribution in [0.1, 0.15) is 15.9 Å². The Labute approximate surface area is 155 Å². The second-order valence-corrected chi connectivity index (χ2v) is 6.27. The molecule has 3 rings (SSSR count). The second-order valence-electron chi connectivity index (χ2n) is 6.27. The number of benzene rings is 2. The van der Waals surface area contributed by atoms with Crippen molar-refractivity contribution < 1.29 is 14.6 Å². The highest BCUT2D eigenvalue weighted by molar-refractivity contribution is 5.96. The van der Waals surface area contributed by atoms with Crippen molar-refractivity contribution in [2.45, 2.75) is 6.92 Å². The van der Waals surface area contributed by atoms with Crippen LogP contribution in [0, 0.1) is 27.2 Å². The Kier molecular flexibility index (Phi) is 5.02. The second kappa shape index (κ2) is 7.40. The smallest absolute Gasteiger partial charge is 0.279 e. The molecule has 27 heavy (non-hydrogen) atoms. The van der Waals surface area contributed by atoms with Gasteiger partial charge in [-0.15, -0.1) is 0 Å². The molecule has 2 aromatic carbocycles. The number of anilines is 1. The maximum atomic E-state index is 12.8. The zero-order chi connectivity index (χ0) is 19.6. The maximum Gasteiger partial charge on any atom is 0.279 e. The molecule has 1 saturated heterocycles. The van der Waals surface area contributed by atoms with Crippen LogP contribution >= 0.6 is 0 Å². The van der Waals surface area contributed by atoms with Crippen molar-refractivity contribution in [2.24, 2.45) is 0 Å². The fourth-order valence-electron chi connectivity index (χ4n) is 3.18. The van der Waals surface area contributed by atoms with E-state index in [0.717, 1.165) is 17.8 Å². The van der Waals surface area contributed by atoms with Crippen LogP contribution in [0.3, 0.4) is 0 Å². The van der Waals surface area contributed by atoms with Gasteiger partial charge in [0.05, 0.1) is 15.4 Å². The fraction of sp³-hybridized carbons (Fsp3) is 0.278. The molecule has 1 heterocycles. The average molecular weight is 370 g/mol. The summed E-state index contributed by atoms with van der Waals surface area (Å²) in [6.07, 6.45) is 0. The van der Waals surface area contributed by atoms with E-state index in [1.54, 1.807) is 4.90 Å². The van der Waals surface area contributed by atoms with Crippen LogP contribution in [0.5, 0.6) is 0 Å². The molecule has 0 spiro atoms. The molecular weight excluding hydrogens is 352 g/mol. The lowest BCUT2D eigenvalue weighted by molar-refractivity contribution is -0.395. The third kappa shape index (κ3) is 3.71. The first-order valence-corrected chi connectivity index (χ1v) is 8.41. The van der Waals surface area contributed by atoms with E-state index in [0.29, 0.717) is 26.2 Å². The first-order chi connectivity index (χ1) is 12.9. The van der Waals surface area contributed by atoms with Gasteiger partial charge in [-0.05, 0) is 19.1 Å². The normalized spacial score (nSPS) is 14.1. The molecule has 1 aliphatic heterocycles. The molecule has 0 atom stereocenters. The largest absolute Gasteiger partial charge is 0.368 e. The summed E-state index contributed by atoms with van der Waals surface area (Å²) >= 11 is 0. The SMILES string of the molecule is Cc1c([N+](=O)[O-])cc(C(=O)N2CCN(c3ccccc3)CC2)cc1[N+](=O)[O-]. The van der Waals surface area contributed by atoms with Gasteiger partial charge >= 0.3 is 0 Å². The summed E-state index contributed by atoms with van der Waals surface area (Å²) in [7, 11) is 0. The minimum absolute atomic E-state index is 0.0350. The number of hydrogen-bond acceptors (Lipinski definition) is 6. The van der Waals surface area contributed by atoms with E-state index in [-0.39, 0.29) is 11.1 Å². The van der Waals surface area contributed by atoms with Gasteiger partial charge in [-0.2, -0.15) is 0 Å². The van der Waals surface area contributed by atoms with Gasteiger partial charge in [-0.3, -0.25) is 25.0 Å². The molecule has 0 aromatic heterocycles. The average Bonchev–Trinajstić information content (AvgIpc) is 2.68. The predicted molar refractivity (Wildman–Crippen MR) is 99.0 cm³/mol. The van der Waals surface area contributed by atoms with Crippen molar-refractivity contribution in [3.63, 3.8) is 0 Å². The Morgan fingerprint density at radius 3 is 1.93 bits per heavy atom. The molecular formula is C18H18N4O5. The molecule has 1 aliphatic rings. The van der Waals surface area contributed by atoms with E-state index in [1.807, 2.05) is 30.3 Å². The van der Waals surface area contributed by atoms with Gasteiger partial charge in [0.1, 0.15) is 5.56 Å². The lowest BCUT2D eigenvalue weighted by atomic mass is 10.1. The topological polar surface area (TPSA) is 110 Å². The van der Waals surface area contributed by atoms with Gasteiger partial charge in [0.25, 0.3) is 17.3 Å². The molecule has 140 valence electrons. The summed E-state index contributed by atoms with van der Waals surface area (Å²) in [5, 5.41) is 22.4. The van der Waals surface area contributed by atoms with Gasteiger partial charge < -0.3 is 9.80 Å². The predicted octanol–water partition coefficient (Wildman–Crippen LogP) is 2.77. The maximum absolute atomic E-state index is 12.8. The standard InChI is InChI=1S/C18H18N4O5/c1-13-16(21(24)25)11-14(12-17(13)22(26)27)18(23)20-9-7-19(8-10-20)15-5-3-2-4-6-15/h2-6,11-12H,7-10H2,1H3. The molecule has 0 radical (unpaired) electrons. The van der Waals surface area contributed by atoms with E-state index in [4.69, 9.17) is 0 Å². The molecule has 0 aliphatic carbocycles. The van der Waals surface area contributed by atoms with Gasteiger partial charge in [0.15, 0.2) is 0 Å². The Bertz CT molecular complexity index is 857. The van der Waals surface area contributed by atoms with Crippen LogP contribution in [0.25, 0.3) is 0 Å². The molecule has 1 fully saturated rings. The summed E-state index contributed by atoms with van der Waals surface area (Å²) in [4.78, 5) is 37.5. The summed E-state index contributed by atoms with van der Waals surface area (Å²) in [5.74, 6) is -0.436. The highest BCUT2D eigenvalue weighted by Gasteiger charge is 2.28. The zero-order valence-electron chi connectivity index (χ0n) is 14.7. The van der Waals surface area contributed by atoms with Gasteiger partial charge in [-0.25, -0.2) is 0 Å². The van der Waals surface area contributed by atoms with E-state index in [1.165, 1.54) is 6.92 Å². The lowest BCUT2D eigenvalue weighted by Gasteiger charge is -2.36. The highest BCUT2D eigenvalue weighted by Crippen LogP contribution is 2.30. The molecule has 0 unspecified atom stereocenters. The molecule has 1 amide bonds. The number of nitro groups is 2. The third-order valence-corrected chi connectivity index (χ3v) is 4.68. The zero-order valence-corrected chi connectivity index (χ0v) is 14.7. The van der Waals surface area contributed by atoms with Crippen molar-refractivity contribution in [3.8, 4) is 0 Å². The van der Waals surface area contributed by atoms with Crippen molar-refractivity contribution in [2.75, 3.05) is 31.1 Å². The van der Waals surface area contributed by atoms with Gasteiger partial charge in [0.2, 0.25) is 0 Å². The first kappa shape index (κ1) is 18.3. The molecule has 0 saturated carbocycles. The number of hydrogen-bond donors (Lipinski definition) is 0. The monoisotopic (exact) mass is 370 g/mol. The minimum Gasteiger partial charge on any atom is -0.368 e. The van der Waals surface area contributed by atoms with Crippen molar-refractivity contribution in [1.82, 2.24) is 4.90 Å². The molecule has 0 N–H and O–H groups in total. The number of carbonyl (C=O) groups is 1. The number of piperazine rings is 1. The van der Waals surface area contributed by atoms with Crippen LogP contribution in [0.2, 0.25) is 0 Å². The van der Waals surface area contributed by atoms with Crippen molar-refractivity contribution in [3.05, 3.63) is 73.8 Å². The van der Waals surface area contributed by atoms with Gasteiger partial charge in [0, 0.05) is 44.0 Å². The Morgan fingerprint density at radius 1 is 0.926 bits per heavy atom. The van der Waals surface area contributed by atoms with Crippen LogP contribution in [-0.2, 0) is 0 Å². The molecule has 9 heteroatoms. The summed E-state index contributed by atoms with van der Waals surface area (Å²) in [6.45, 7) is 3.41. The van der Waals surface area contributed by atoms with Gasteiger partial charge in [-0.1, -0.05) is 18.2 Å². The van der Waals surface area contributed by atoms with Crippen LogP contribution < -0.4 is 4.90 Å². The Hall–Kier alpha value is -3.49. The van der Waals surface area contributed by atoms with E-state index >= 15 is 0 Å². The van der Waals surface area contributed by atoms with Crippen LogP contribution in [0.15, 0.2) is 42.5 Å². The van der Waals surface area contributed by atoms with Crippen molar-refractivity contribution >= 4 is 23.0 Å². The van der Waals surface area contributed by atoms with E-state index < -0.39 is 27.1 Å². The molecule has 9 nitrogen and oxygen atoms in total. The number of carbonyl (C=O) groups excluding carboxylic acids is 1. The summed E-state index contributed by atoms with van der Waals surface area (Å²) < 4.78 is 0. The molecule has 0 bridgehead atoms. The minimum atomic E-state index is -0.702. The Balaban J connectivity index is 1.80. The molecule has 2 aromatic rings. The van der Waals surface area contributed by atoms with E-state index in [2.05, 4.69) is 4.90 Å². The lowest BCUT2D eigenvalue weighted by Crippen LogP contribution is -2.48. The number of para-hydroxylation sites is 1. The van der Waals surface area contributed by atoms with Crippen LogP contribution in [-0.4, -0.2) is 46.8 Å². The highest BCUT2D eigenvalue weighted by atomic mass is 16.6. The first-order valence-electron chi connectivity index (χ1n) is 8.41. The van der Waals surface area contributed by atoms with Crippen LogP contribution in [0.4, 0.5) is 17.1 Å². The fourth-order valence-corrected chi connectivity index (χ4v) is 3.18. The number of rotatable bonds is 4. The Morgan fingerprint density at radius 2 is 1.44 bits per heavy atom. The summed E-state index contributed by atoms with van der Waals surface area (Å²) in [5.41, 5.74) is 0.125. The third-order valence-electron chi connectivity index (χ3n) is 4.68. The number of nitrogens with zero attached hydrogens (tertiary/aromatic N) is 4.